The van der Waals surface area contributed by atoms with Crippen LogP contribution >= 0.6 is 0 Å². The first-order chi connectivity index (χ1) is 9.78. The third-order valence-corrected chi connectivity index (χ3v) is 3.39. The molecule has 20 heavy (non-hydrogen) atoms. The summed E-state index contributed by atoms with van der Waals surface area (Å²) in [6.45, 7) is 2.96. The second-order valence-corrected chi connectivity index (χ2v) is 5.18. The summed E-state index contributed by atoms with van der Waals surface area (Å²) in [5.74, 6) is 1.84. The predicted molar refractivity (Wildman–Crippen MR) is 78.2 cm³/mol. The maximum absolute atomic E-state index is 13.9. The van der Waals surface area contributed by atoms with Gasteiger partial charge < -0.3 is 5.32 Å². The molecule has 2 aromatic rings. The van der Waals surface area contributed by atoms with Crippen molar-refractivity contribution in [1.29, 1.82) is 0 Å². The first-order valence-electron chi connectivity index (χ1n) is 7.15. The lowest BCUT2D eigenvalue weighted by Crippen LogP contribution is -2.06. The lowest BCUT2D eigenvalue weighted by atomic mass is 10.1. The highest BCUT2D eigenvalue weighted by Crippen LogP contribution is 2.39. The fourth-order valence-corrected chi connectivity index (χ4v) is 2.14. The van der Waals surface area contributed by atoms with Crippen LogP contribution in [0.5, 0.6) is 0 Å². The fraction of sp³-hybridized carbons (Fsp3) is 0.375. The molecular formula is C16H18FN3. The Morgan fingerprint density at radius 3 is 2.75 bits per heavy atom. The molecular weight excluding hydrogens is 253 g/mol. The van der Waals surface area contributed by atoms with Crippen LogP contribution in [0.2, 0.25) is 0 Å². The van der Waals surface area contributed by atoms with Gasteiger partial charge in [0.2, 0.25) is 0 Å². The maximum Gasteiger partial charge on any atom is 0.134 e. The lowest BCUT2D eigenvalue weighted by molar-refractivity contribution is 0.630. The van der Waals surface area contributed by atoms with E-state index in [0.29, 0.717) is 17.2 Å². The van der Waals surface area contributed by atoms with Gasteiger partial charge in [0.25, 0.3) is 0 Å². The summed E-state index contributed by atoms with van der Waals surface area (Å²) in [4.78, 5) is 9.09. The summed E-state index contributed by atoms with van der Waals surface area (Å²) >= 11 is 0. The molecule has 0 amide bonds. The van der Waals surface area contributed by atoms with Crippen molar-refractivity contribution in [1.82, 2.24) is 9.97 Å². The Balaban J connectivity index is 2.00. The van der Waals surface area contributed by atoms with Crippen LogP contribution in [0.15, 0.2) is 30.3 Å². The van der Waals surface area contributed by atoms with Crippen molar-refractivity contribution in [3.05, 3.63) is 42.0 Å². The zero-order valence-corrected chi connectivity index (χ0v) is 11.6. The molecule has 1 saturated carbocycles. The average molecular weight is 271 g/mol. The first kappa shape index (κ1) is 13.0. The number of rotatable bonds is 5. The highest BCUT2D eigenvalue weighted by Gasteiger charge is 2.27. The van der Waals surface area contributed by atoms with Crippen molar-refractivity contribution >= 4 is 5.82 Å². The fourth-order valence-electron chi connectivity index (χ4n) is 2.14. The molecule has 3 rings (SSSR count). The SMILES string of the molecule is CCCNc1cc(-c2ccccc2F)nc(C2CC2)n1. The van der Waals surface area contributed by atoms with Gasteiger partial charge >= 0.3 is 0 Å². The van der Waals surface area contributed by atoms with Crippen molar-refractivity contribution in [2.24, 2.45) is 0 Å². The molecule has 1 heterocycles. The van der Waals surface area contributed by atoms with Gasteiger partial charge in [-0.1, -0.05) is 19.1 Å². The van der Waals surface area contributed by atoms with Gasteiger partial charge in [-0.05, 0) is 31.4 Å². The van der Waals surface area contributed by atoms with Crippen molar-refractivity contribution in [3.63, 3.8) is 0 Å². The van der Waals surface area contributed by atoms with Crippen LogP contribution in [0, 0.1) is 5.82 Å². The molecule has 0 unspecified atom stereocenters. The predicted octanol–water partition coefficient (Wildman–Crippen LogP) is 3.98. The number of nitrogens with one attached hydrogen (secondary N) is 1. The van der Waals surface area contributed by atoms with Gasteiger partial charge in [0.05, 0.1) is 5.69 Å². The highest BCUT2D eigenvalue weighted by atomic mass is 19.1. The molecule has 0 saturated heterocycles. The second-order valence-electron chi connectivity index (χ2n) is 5.18. The molecule has 0 aliphatic heterocycles. The van der Waals surface area contributed by atoms with E-state index in [2.05, 4.69) is 22.2 Å². The van der Waals surface area contributed by atoms with Gasteiger partial charge in [0, 0.05) is 24.1 Å². The summed E-state index contributed by atoms with van der Waals surface area (Å²) in [7, 11) is 0. The number of benzene rings is 1. The minimum absolute atomic E-state index is 0.241. The summed E-state index contributed by atoms with van der Waals surface area (Å²) < 4.78 is 13.9. The van der Waals surface area contributed by atoms with Crippen molar-refractivity contribution in [2.45, 2.75) is 32.1 Å². The summed E-state index contributed by atoms with van der Waals surface area (Å²) in [6.07, 6.45) is 3.29. The number of hydrogen-bond acceptors (Lipinski definition) is 3. The molecule has 0 radical (unpaired) electrons. The molecule has 1 N–H and O–H groups in total. The van der Waals surface area contributed by atoms with Gasteiger partial charge in [-0.15, -0.1) is 0 Å². The normalized spacial score (nSPS) is 14.3. The van der Waals surface area contributed by atoms with Gasteiger partial charge in [-0.3, -0.25) is 0 Å². The Hall–Kier alpha value is -1.97. The van der Waals surface area contributed by atoms with E-state index < -0.39 is 0 Å². The Morgan fingerprint density at radius 1 is 1.25 bits per heavy atom. The zero-order valence-electron chi connectivity index (χ0n) is 11.6. The molecule has 0 spiro atoms. The topological polar surface area (TPSA) is 37.8 Å². The highest BCUT2D eigenvalue weighted by molar-refractivity contribution is 5.63. The second kappa shape index (κ2) is 5.57. The molecule has 0 bridgehead atoms. The van der Waals surface area contributed by atoms with Gasteiger partial charge in [0.1, 0.15) is 17.5 Å². The van der Waals surface area contributed by atoms with Crippen LogP contribution in [0.1, 0.15) is 37.9 Å². The Labute approximate surface area is 118 Å². The minimum Gasteiger partial charge on any atom is -0.370 e. The monoisotopic (exact) mass is 271 g/mol. The smallest absolute Gasteiger partial charge is 0.134 e. The summed E-state index contributed by atoms with van der Waals surface area (Å²) in [5.41, 5.74) is 1.20. The molecule has 0 atom stereocenters. The molecule has 1 aliphatic carbocycles. The first-order valence-corrected chi connectivity index (χ1v) is 7.15. The van der Waals surface area contributed by atoms with Crippen LogP contribution in [0.25, 0.3) is 11.3 Å². The van der Waals surface area contributed by atoms with Gasteiger partial charge in [0.15, 0.2) is 0 Å². The third-order valence-electron chi connectivity index (χ3n) is 3.39. The number of nitrogens with zero attached hydrogens (tertiary/aromatic N) is 2. The van der Waals surface area contributed by atoms with Crippen LogP contribution in [0.3, 0.4) is 0 Å². The van der Waals surface area contributed by atoms with E-state index in [-0.39, 0.29) is 5.82 Å². The van der Waals surface area contributed by atoms with Crippen molar-refractivity contribution < 1.29 is 4.39 Å². The van der Waals surface area contributed by atoms with Crippen molar-refractivity contribution in [3.8, 4) is 11.3 Å². The largest absolute Gasteiger partial charge is 0.370 e. The molecule has 4 heteroatoms. The van der Waals surface area contributed by atoms with E-state index in [9.17, 15) is 4.39 Å². The van der Waals surface area contributed by atoms with Crippen LogP contribution in [0.4, 0.5) is 10.2 Å². The molecule has 104 valence electrons. The van der Waals surface area contributed by atoms with E-state index >= 15 is 0 Å². The number of hydrogen-bond donors (Lipinski definition) is 1. The average Bonchev–Trinajstić information content (AvgIpc) is 3.30. The quantitative estimate of drug-likeness (QED) is 0.893. The molecule has 1 fully saturated rings. The standard InChI is InChI=1S/C16H18FN3/c1-2-9-18-15-10-14(12-5-3-4-6-13(12)17)19-16(20-15)11-7-8-11/h3-6,10-11H,2,7-9H2,1H3,(H,18,19,20). The molecule has 1 aromatic carbocycles. The molecule has 1 aliphatic rings. The molecule has 1 aromatic heterocycles. The summed E-state index contributed by atoms with van der Waals surface area (Å²) in [5, 5.41) is 3.27. The minimum atomic E-state index is -0.241. The summed E-state index contributed by atoms with van der Waals surface area (Å²) in [6, 6.07) is 8.58. The van der Waals surface area contributed by atoms with Crippen LogP contribution in [-0.2, 0) is 0 Å². The Morgan fingerprint density at radius 2 is 2.05 bits per heavy atom. The van der Waals surface area contributed by atoms with Gasteiger partial charge in [-0.2, -0.15) is 0 Å². The van der Waals surface area contributed by atoms with E-state index in [4.69, 9.17) is 0 Å². The van der Waals surface area contributed by atoms with E-state index in [1.807, 2.05) is 12.1 Å². The van der Waals surface area contributed by atoms with Crippen molar-refractivity contribution in [2.75, 3.05) is 11.9 Å². The number of aromatic nitrogens is 2. The number of halogens is 1. The molecule has 3 nitrogen and oxygen atoms in total. The zero-order chi connectivity index (χ0) is 13.9. The number of anilines is 1. The van der Waals surface area contributed by atoms with Gasteiger partial charge in [-0.25, -0.2) is 14.4 Å². The Kier molecular flexibility index (Phi) is 3.63. The van der Waals surface area contributed by atoms with E-state index in [0.717, 1.165) is 37.4 Å². The maximum atomic E-state index is 13.9. The van der Waals surface area contributed by atoms with E-state index in [1.165, 1.54) is 6.07 Å². The van der Waals surface area contributed by atoms with Crippen LogP contribution < -0.4 is 5.32 Å². The van der Waals surface area contributed by atoms with E-state index in [1.54, 1.807) is 12.1 Å². The van der Waals surface area contributed by atoms with Crippen LogP contribution in [-0.4, -0.2) is 16.5 Å². The third kappa shape index (κ3) is 2.79. The lowest BCUT2D eigenvalue weighted by Gasteiger charge is -2.10. The Bertz CT molecular complexity index is 608.